The van der Waals surface area contributed by atoms with Crippen molar-refractivity contribution in [1.29, 1.82) is 0 Å². The molecule has 0 aromatic heterocycles. The third kappa shape index (κ3) is 2.22. The minimum Gasteiger partial charge on any atom is -0.395 e. The first-order valence-electron chi connectivity index (χ1n) is 5.44. The van der Waals surface area contributed by atoms with Gasteiger partial charge in [0.25, 0.3) is 0 Å². The summed E-state index contributed by atoms with van der Waals surface area (Å²) in [7, 11) is 0. The van der Waals surface area contributed by atoms with Crippen molar-refractivity contribution in [3.63, 3.8) is 0 Å². The van der Waals surface area contributed by atoms with Crippen LogP contribution in [0.25, 0.3) is 0 Å². The normalized spacial score (nSPS) is 27.5. The number of nitrogens with zero attached hydrogens (tertiary/aromatic N) is 1. The number of likely N-dealkylation sites (tertiary alicyclic amines) is 1. The van der Waals surface area contributed by atoms with Gasteiger partial charge in [-0.25, -0.2) is 0 Å². The largest absolute Gasteiger partial charge is 0.395 e. The molecule has 0 aromatic carbocycles. The molecule has 76 valence electrons. The van der Waals surface area contributed by atoms with Crippen LogP contribution in [-0.2, 0) is 0 Å². The first-order chi connectivity index (χ1) is 6.40. The monoisotopic (exact) mass is 184 g/mol. The zero-order valence-electron chi connectivity index (χ0n) is 8.21. The van der Waals surface area contributed by atoms with E-state index in [0.717, 1.165) is 18.4 Å². The lowest BCUT2D eigenvalue weighted by Crippen LogP contribution is -2.49. The molecule has 2 N–H and O–H groups in total. The summed E-state index contributed by atoms with van der Waals surface area (Å²) >= 11 is 0. The molecule has 0 saturated carbocycles. The van der Waals surface area contributed by atoms with Crippen molar-refractivity contribution in [1.82, 2.24) is 10.2 Å². The molecule has 0 amide bonds. The zero-order chi connectivity index (χ0) is 9.10. The molecular formula is C10H20N2O. The molecule has 2 aliphatic rings. The van der Waals surface area contributed by atoms with Crippen molar-refractivity contribution in [3.8, 4) is 0 Å². The van der Waals surface area contributed by atoms with Gasteiger partial charge in [-0.05, 0) is 50.9 Å². The maximum absolute atomic E-state index is 8.80. The summed E-state index contributed by atoms with van der Waals surface area (Å²) in [6, 6.07) is 0. The van der Waals surface area contributed by atoms with Gasteiger partial charge >= 0.3 is 0 Å². The quantitative estimate of drug-likeness (QED) is 0.643. The van der Waals surface area contributed by atoms with E-state index in [4.69, 9.17) is 5.11 Å². The van der Waals surface area contributed by atoms with Crippen LogP contribution in [0, 0.1) is 11.8 Å². The molecule has 0 spiro atoms. The van der Waals surface area contributed by atoms with Crippen molar-refractivity contribution in [2.75, 3.05) is 39.3 Å². The van der Waals surface area contributed by atoms with Crippen molar-refractivity contribution in [2.45, 2.75) is 12.8 Å². The minimum absolute atomic E-state index is 0.315. The number of aliphatic hydroxyl groups is 1. The fraction of sp³-hybridized carbons (Fsp3) is 1.00. The van der Waals surface area contributed by atoms with E-state index >= 15 is 0 Å². The summed E-state index contributed by atoms with van der Waals surface area (Å²) in [6.45, 7) is 6.06. The fourth-order valence-electron chi connectivity index (χ4n) is 2.43. The Labute approximate surface area is 80.1 Å². The molecular weight excluding hydrogens is 164 g/mol. The van der Waals surface area contributed by atoms with E-state index in [-0.39, 0.29) is 0 Å². The van der Waals surface area contributed by atoms with Gasteiger partial charge in [0.2, 0.25) is 0 Å². The second-order valence-corrected chi connectivity index (χ2v) is 4.32. The van der Waals surface area contributed by atoms with Crippen molar-refractivity contribution < 1.29 is 5.11 Å². The summed E-state index contributed by atoms with van der Waals surface area (Å²) < 4.78 is 0. The van der Waals surface area contributed by atoms with Gasteiger partial charge in [0, 0.05) is 6.54 Å². The summed E-state index contributed by atoms with van der Waals surface area (Å²) in [6.07, 6.45) is 2.68. The van der Waals surface area contributed by atoms with Crippen LogP contribution in [0.4, 0.5) is 0 Å². The van der Waals surface area contributed by atoms with E-state index in [1.54, 1.807) is 0 Å². The minimum atomic E-state index is 0.315. The third-order valence-electron chi connectivity index (χ3n) is 3.53. The lowest BCUT2D eigenvalue weighted by molar-refractivity contribution is 0.105. The maximum Gasteiger partial charge on any atom is 0.0558 e. The Balaban J connectivity index is 1.69. The lowest BCUT2D eigenvalue weighted by atomic mass is 9.81. The number of piperidine rings is 1. The third-order valence-corrected chi connectivity index (χ3v) is 3.53. The Morgan fingerprint density at radius 2 is 1.85 bits per heavy atom. The highest BCUT2D eigenvalue weighted by Gasteiger charge is 2.29. The molecule has 0 unspecified atom stereocenters. The van der Waals surface area contributed by atoms with E-state index < -0.39 is 0 Å². The van der Waals surface area contributed by atoms with E-state index in [1.807, 2.05) is 0 Å². The standard InChI is InChI=1S/C10H20N2O/c13-6-5-12-3-1-9(2-4-12)10-7-11-8-10/h9-11,13H,1-8H2. The molecule has 2 saturated heterocycles. The van der Waals surface area contributed by atoms with Crippen LogP contribution < -0.4 is 5.32 Å². The van der Waals surface area contributed by atoms with Crippen molar-refractivity contribution >= 4 is 0 Å². The van der Waals surface area contributed by atoms with Crippen LogP contribution in [0.2, 0.25) is 0 Å². The predicted octanol–water partition coefficient (Wildman–Crippen LogP) is -0.0899. The highest BCUT2D eigenvalue weighted by atomic mass is 16.3. The smallest absolute Gasteiger partial charge is 0.0558 e. The molecule has 0 aliphatic carbocycles. The molecule has 3 heteroatoms. The number of hydrogen-bond acceptors (Lipinski definition) is 3. The second-order valence-electron chi connectivity index (χ2n) is 4.32. The van der Waals surface area contributed by atoms with E-state index in [1.165, 1.54) is 39.0 Å². The van der Waals surface area contributed by atoms with Gasteiger partial charge in [-0.1, -0.05) is 0 Å². The van der Waals surface area contributed by atoms with Crippen LogP contribution in [0.3, 0.4) is 0 Å². The van der Waals surface area contributed by atoms with Crippen molar-refractivity contribution in [3.05, 3.63) is 0 Å². The second kappa shape index (κ2) is 4.40. The molecule has 0 aromatic rings. The van der Waals surface area contributed by atoms with Crippen molar-refractivity contribution in [2.24, 2.45) is 11.8 Å². The Bertz CT molecular complexity index is 151. The summed E-state index contributed by atoms with van der Waals surface area (Å²) in [4.78, 5) is 2.38. The number of β-amino-alcohol motifs (C(OH)–C–C–N with tert-alkyl or cyclic N) is 1. The maximum atomic E-state index is 8.80. The Morgan fingerprint density at radius 3 is 2.31 bits per heavy atom. The molecule has 3 nitrogen and oxygen atoms in total. The molecule has 13 heavy (non-hydrogen) atoms. The Morgan fingerprint density at radius 1 is 1.15 bits per heavy atom. The average Bonchev–Trinajstić information content (AvgIpc) is 2.06. The molecule has 2 heterocycles. The van der Waals surface area contributed by atoms with Gasteiger partial charge in [0.1, 0.15) is 0 Å². The van der Waals surface area contributed by atoms with Gasteiger partial charge in [0.15, 0.2) is 0 Å². The summed E-state index contributed by atoms with van der Waals surface area (Å²) in [5.74, 6) is 1.91. The van der Waals surface area contributed by atoms with Gasteiger partial charge in [-0.15, -0.1) is 0 Å². The van der Waals surface area contributed by atoms with Gasteiger partial charge in [-0.3, -0.25) is 0 Å². The van der Waals surface area contributed by atoms with Gasteiger partial charge in [-0.2, -0.15) is 0 Å². The Hall–Kier alpha value is -0.120. The zero-order valence-corrected chi connectivity index (χ0v) is 8.21. The highest BCUT2D eigenvalue weighted by molar-refractivity contribution is 4.85. The number of rotatable bonds is 3. The van der Waals surface area contributed by atoms with E-state index in [2.05, 4.69) is 10.2 Å². The molecule has 0 radical (unpaired) electrons. The summed E-state index contributed by atoms with van der Waals surface area (Å²) in [5, 5.41) is 12.1. The van der Waals surface area contributed by atoms with Gasteiger partial charge in [0.05, 0.1) is 6.61 Å². The number of hydrogen-bond donors (Lipinski definition) is 2. The van der Waals surface area contributed by atoms with Crippen LogP contribution in [0.1, 0.15) is 12.8 Å². The topological polar surface area (TPSA) is 35.5 Å². The lowest BCUT2D eigenvalue weighted by Gasteiger charge is -2.40. The molecule has 0 atom stereocenters. The van der Waals surface area contributed by atoms with Crippen LogP contribution in [0.15, 0.2) is 0 Å². The fourth-order valence-corrected chi connectivity index (χ4v) is 2.43. The average molecular weight is 184 g/mol. The molecule has 2 aliphatic heterocycles. The number of nitrogens with one attached hydrogen (secondary N) is 1. The molecule has 0 bridgehead atoms. The first-order valence-corrected chi connectivity index (χ1v) is 5.44. The van der Waals surface area contributed by atoms with Crippen LogP contribution >= 0.6 is 0 Å². The predicted molar refractivity (Wildman–Crippen MR) is 52.6 cm³/mol. The van der Waals surface area contributed by atoms with Crippen LogP contribution in [0.5, 0.6) is 0 Å². The van der Waals surface area contributed by atoms with Crippen LogP contribution in [-0.4, -0.2) is 49.3 Å². The SMILES string of the molecule is OCCN1CCC(C2CNC2)CC1. The molecule has 2 rings (SSSR count). The van der Waals surface area contributed by atoms with Gasteiger partial charge < -0.3 is 15.3 Å². The Kier molecular flexibility index (Phi) is 3.19. The summed E-state index contributed by atoms with van der Waals surface area (Å²) in [5.41, 5.74) is 0. The number of aliphatic hydroxyl groups excluding tert-OH is 1. The van der Waals surface area contributed by atoms with E-state index in [0.29, 0.717) is 6.61 Å². The molecule has 2 fully saturated rings. The first kappa shape index (κ1) is 9.44. The van der Waals surface area contributed by atoms with E-state index in [9.17, 15) is 0 Å². The highest BCUT2D eigenvalue weighted by Crippen LogP contribution is 2.27.